The first-order valence-corrected chi connectivity index (χ1v) is 12.5. The van der Waals surface area contributed by atoms with Crippen LogP contribution in [0.15, 0.2) is 69.9 Å². The number of ketones is 1. The Bertz CT molecular complexity index is 1430. The third kappa shape index (κ3) is 4.12. The van der Waals surface area contributed by atoms with Gasteiger partial charge in [0.1, 0.15) is 4.83 Å². The van der Waals surface area contributed by atoms with Gasteiger partial charge in [0.15, 0.2) is 10.9 Å². The van der Waals surface area contributed by atoms with Gasteiger partial charge >= 0.3 is 0 Å². The van der Waals surface area contributed by atoms with E-state index in [1.807, 2.05) is 41.8 Å². The summed E-state index contributed by atoms with van der Waals surface area (Å²) in [6, 6.07) is 17.0. The first-order chi connectivity index (χ1) is 16.0. The zero-order valence-electron chi connectivity index (χ0n) is 18.0. The average Bonchev–Trinajstić information content (AvgIpc) is 3.47. The molecule has 0 spiro atoms. The van der Waals surface area contributed by atoms with E-state index in [2.05, 4.69) is 4.98 Å². The predicted molar refractivity (Wildman–Crippen MR) is 133 cm³/mol. The van der Waals surface area contributed by atoms with Crippen LogP contribution in [0, 0.1) is 0 Å². The van der Waals surface area contributed by atoms with Gasteiger partial charge in [-0.3, -0.25) is 19.0 Å². The van der Waals surface area contributed by atoms with E-state index in [1.165, 1.54) is 27.7 Å². The summed E-state index contributed by atoms with van der Waals surface area (Å²) in [5.74, 6) is 0.173. The largest absolute Gasteiger partial charge is 0.312 e. The molecule has 0 bridgehead atoms. The van der Waals surface area contributed by atoms with Gasteiger partial charge in [-0.15, -0.1) is 11.3 Å². The lowest BCUT2D eigenvalue weighted by molar-refractivity contribution is -0.117. The standard InChI is InChI=1S/C25H21N3O3S2/c1-27-24(31)22-19(16-7-3-2-4-8-16)14-32-23(22)26-25(27)33-15-20(29)17-9-5-10-18(13-17)28-12-6-11-21(28)30/h2-5,7-10,13-14H,6,11-12,15H2,1H3. The fourth-order valence-electron chi connectivity index (χ4n) is 3.99. The van der Waals surface area contributed by atoms with E-state index in [-0.39, 0.29) is 23.0 Å². The second-order valence-electron chi connectivity index (χ2n) is 7.87. The molecule has 1 amide bonds. The summed E-state index contributed by atoms with van der Waals surface area (Å²) in [7, 11) is 1.69. The Balaban J connectivity index is 1.38. The van der Waals surface area contributed by atoms with Gasteiger partial charge in [-0.2, -0.15) is 0 Å². The fraction of sp³-hybridized carbons (Fsp3) is 0.200. The molecule has 0 unspecified atom stereocenters. The summed E-state index contributed by atoms with van der Waals surface area (Å²) < 4.78 is 1.51. The van der Waals surface area contributed by atoms with Crippen LogP contribution < -0.4 is 10.5 Å². The van der Waals surface area contributed by atoms with Crippen molar-refractivity contribution in [3.63, 3.8) is 0 Å². The molecule has 4 aromatic rings. The normalized spacial score (nSPS) is 13.7. The number of fused-ring (bicyclic) bond motifs is 1. The molecule has 1 saturated heterocycles. The maximum absolute atomic E-state index is 13.1. The third-order valence-electron chi connectivity index (χ3n) is 5.74. The molecular weight excluding hydrogens is 454 g/mol. The lowest BCUT2D eigenvalue weighted by Gasteiger charge is -2.16. The van der Waals surface area contributed by atoms with Gasteiger partial charge in [0, 0.05) is 42.2 Å². The molecule has 0 aliphatic carbocycles. The lowest BCUT2D eigenvalue weighted by atomic mass is 10.1. The fourth-order valence-corrected chi connectivity index (χ4v) is 5.85. The molecule has 8 heteroatoms. The molecule has 6 nitrogen and oxygen atoms in total. The highest BCUT2D eigenvalue weighted by Gasteiger charge is 2.22. The van der Waals surface area contributed by atoms with Crippen LogP contribution in [0.2, 0.25) is 0 Å². The molecule has 1 fully saturated rings. The van der Waals surface area contributed by atoms with Gasteiger partial charge < -0.3 is 4.90 Å². The van der Waals surface area contributed by atoms with Crippen molar-refractivity contribution in [2.24, 2.45) is 7.05 Å². The number of nitrogens with zero attached hydrogens (tertiary/aromatic N) is 3. The first kappa shape index (κ1) is 21.6. The molecule has 2 aromatic heterocycles. The van der Waals surface area contributed by atoms with Crippen molar-refractivity contribution in [1.82, 2.24) is 9.55 Å². The maximum atomic E-state index is 13.1. The summed E-state index contributed by atoms with van der Waals surface area (Å²) in [6.07, 6.45) is 1.38. The predicted octanol–water partition coefficient (Wildman–Crippen LogP) is 4.76. The Morgan fingerprint density at radius 3 is 2.70 bits per heavy atom. The molecule has 1 aliphatic rings. The molecule has 5 rings (SSSR count). The molecule has 0 saturated carbocycles. The Morgan fingerprint density at radius 2 is 1.94 bits per heavy atom. The number of rotatable bonds is 6. The Labute approximate surface area is 198 Å². The van der Waals surface area contributed by atoms with E-state index in [0.717, 1.165) is 23.2 Å². The second kappa shape index (κ2) is 8.96. The van der Waals surface area contributed by atoms with Crippen LogP contribution in [0.3, 0.4) is 0 Å². The number of anilines is 1. The van der Waals surface area contributed by atoms with E-state index >= 15 is 0 Å². The number of Topliss-reactive ketones (excluding diaryl/α,β-unsaturated/α-hetero) is 1. The monoisotopic (exact) mass is 475 g/mol. The molecule has 2 aromatic carbocycles. The third-order valence-corrected chi connectivity index (χ3v) is 7.65. The summed E-state index contributed by atoms with van der Waals surface area (Å²) in [5.41, 5.74) is 3.05. The van der Waals surface area contributed by atoms with Crippen molar-refractivity contribution in [3.05, 3.63) is 75.9 Å². The van der Waals surface area contributed by atoms with Crippen LogP contribution in [-0.4, -0.2) is 33.5 Å². The van der Waals surface area contributed by atoms with E-state index in [4.69, 9.17) is 0 Å². The lowest BCUT2D eigenvalue weighted by Crippen LogP contribution is -2.24. The van der Waals surface area contributed by atoms with E-state index < -0.39 is 0 Å². The molecular formula is C25H21N3O3S2. The second-order valence-corrected chi connectivity index (χ2v) is 9.67. The maximum Gasteiger partial charge on any atom is 0.263 e. The SMILES string of the molecule is Cn1c(SCC(=O)c2cccc(N3CCCC3=O)c2)nc2scc(-c3ccccc3)c2c1=O. The van der Waals surface area contributed by atoms with E-state index in [0.29, 0.717) is 33.9 Å². The highest BCUT2D eigenvalue weighted by atomic mass is 32.2. The number of carbonyl (C=O) groups is 2. The van der Waals surface area contributed by atoms with Gasteiger partial charge in [-0.25, -0.2) is 4.98 Å². The van der Waals surface area contributed by atoms with Crippen molar-refractivity contribution < 1.29 is 9.59 Å². The Kier molecular flexibility index (Phi) is 5.86. The van der Waals surface area contributed by atoms with Gasteiger partial charge in [0.05, 0.1) is 11.1 Å². The summed E-state index contributed by atoms with van der Waals surface area (Å²) in [5, 5.41) is 3.07. The number of thiophene rings is 1. The van der Waals surface area contributed by atoms with Crippen LogP contribution in [0.1, 0.15) is 23.2 Å². The highest BCUT2D eigenvalue weighted by molar-refractivity contribution is 7.99. The van der Waals surface area contributed by atoms with Crippen molar-refractivity contribution in [3.8, 4) is 11.1 Å². The number of carbonyl (C=O) groups excluding carboxylic acids is 2. The molecule has 33 heavy (non-hydrogen) atoms. The zero-order valence-corrected chi connectivity index (χ0v) is 19.6. The van der Waals surface area contributed by atoms with Crippen LogP contribution >= 0.6 is 23.1 Å². The number of hydrogen-bond donors (Lipinski definition) is 0. The van der Waals surface area contributed by atoms with Crippen molar-refractivity contribution in [1.29, 1.82) is 0 Å². The molecule has 0 atom stereocenters. The number of thioether (sulfide) groups is 1. The van der Waals surface area contributed by atoms with Crippen molar-refractivity contribution >= 4 is 50.7 Å². The Morgan fingerprint density at radius 1 is 1.12 bits per heavy atom. The minimum absolute atomic E-state index is 0.0704. The van der Waals surface area contributed by atoms with Gasteiger partial charge in [0.25, 0.3) is 5.56 Å². The van der Waals surface area contributed by atoms with E-state index in [9.17, 15) is 14.4 Å². The zero-order chi connectivity index (χ0) is 22.9. The molecule has 1 aliphatic heterocycles. The minimum Gasteiger partial charge on any atom is -0.312 e. The minimum atomic E-state index is -0.121. The van der Waals surface area contributed by atoms with Gasteiger partial charge in [-0.1, -0.05) is 54.2 Å². The van der Waals surface area contributed by atoms with Crippen LogP contribution in [0.25, 0.3) is 21.3 Å². The topological polar surface area (TPSA) is 72.3 Å². The van der Waals surface area contributed by atoms with E-state index in [1.54, 1.807) is 30.1 Å². The highest BCUT2D eigenvalue weighted by Crippen LogP contribution is 2.32. The Hall–Kier alpha value is -3.23. The summed E-state index contributed by atoms with van der Waals surface area (Å²) >= 11 is 2.68. The number of hydrogen-bond acceptors (Lipinski definition) is 6. The first-order valence-electron chi connectivity index (χ1n) is 10.6. The number of benzene rings is 2. The van der Waals surface area contributed by atoms with Crippen LogP contribution in [0.4, 0.5) is 5.69 Å². The average molecular weight is 476 g/mol. The van der Waals surface area contributed by atoms with Crippen molar-refractivity contribution in [2.45, 2.75) is 18.0 Å². The van der Waals surface area contributed by atoms with Crippen LogP contribution in [0.5, 0.6) is 0 Å². The van der Waals surface area contributed by atoms with Gasteiger partial charge in [-0.05, 0) is 24.1 Å². The molecule has 0 N–H and O–H groups in total. The molecule has 166 valence electrons. The number of amides is 1. The quantitative estimate of drug-likeness (QED) is 0.228. The molecule has 0 radical (unpaired) electrons. The number of aromatic nitrogens is 2. The smallest absolute Gasteiger partial charge is 0.263 e. The summed E-state index contributed by atoms with van der Waals surface area (Å²) in [4.78, 5) is 45.1. The van der Waals surface area contributed by atoms with Gasteiger partial charge in [0.2, 0.25) is 5.91 Å². The summed E-state index contributed by atoms with van der Waals surface area (Å²) in [6.45, 7) is 0.684. The van der Waals surface area contributed by atoms with Crippen molar-refractivity contribution in [2.75, 3.05) is 17.2 Å². The van der Waals surface area contributed by atoms with Crippen LogP contribution in [-0.2, 0) is 11.8 Å². The molecule has 3 heterocycles.